The van der Waals surface area contributed by atoms with Gasteiger partial charge in [0.2, 0.25) is 0 Å². The molecule has 3 rings (SSSR count). The number of benzene rings is 2. The summed E-state index contributed by atoms with van der Waals surface area (Å²) in [6.45, 7) is 2.84. The number of ether oxygens (including phenoxy) is 1. The number of piperidine rings is 1. The SMILES string of the molecule is CNCC1CCN(C(=O)COc2ccc3ccccc3c2)CC1. The van der Waals surface area contributed by atoms with E-state index in [0.717, 1.165) is 43.6 Å². The van der Waals surface area contributed by atoms with Crippen LogP contribution in [0.25, 0.3) is 10.8 Å². The quantitative estimate of drug-likeness (QED) is 0.923. The molecule has 0 unspecified atom stereocenters. The molecule has 1 aliphatic heterocycles. The van der Waals surface area contributed by atoms with Crippen LogP contribution in [0.1, 0.15) is 12.8 Å². The second kappa shape index (κ2) is 7.47. The molecule has 0 aromatic heterocycles. The second-order valence-electron chi connectivity index (χ2n) is 6.18. The Bertz CT molecular complexity index is 663. The van der Waals surface area contributed by atoms with Gasteiger partial charge in [-0.25, -0.2) is 0 Å². The van der Waals surface area contributed by atoms with Crippen LogP contribution in [-0.2, 0) is 4.79 Å². The Balaban J connectivity index is 1.52. The zero-order valence-corrected chi connectivity index (χ0v) is 13.6. The maximum Gasteiger partial charge on any atom is 0.260 e. The van der Waals surface area contributed by atoms with Gasteiger partial charge in [-0.1, -0.05) is 30.3 Å². The zero-order valence-electron chi connectivity index (χ0n) is 13.6. The van der Waals surface area contributed by atoms with Crippen LogP contribution >= 0.6 is 0 Å². The molecule has 0 saturated carbocycles. The van der Waals surface area contributed by atoms with E-state index in [9.17, 15) is 4.79 Å². The van der Waals surface area contributed by atoms with Crippen molar-refractivity contribution in [1.82, 2.24) is 10.2 Å². The minimum absolute atomic E-state index is 0.0843. The molecule has 1 saturated heterocycles. The van der Waals surface area contributed by atoms with Crippen molar-refractivity contribution in [3.05, 3.63) is 42.5 Å². The molecule has 1 heterocycles. The van der Waals surface area contributed by atoms with Crippen LogP contribution in [0.4, 0.5) is 0 Å². The Morgan fingerprint density at radius 2 is 1.91 bits per heavy atom. The third-order valence-electron chi connectivity index (χ3n) is 4.54. The second-order valence-corrected chi connectivity index (χ2v) is 6.18. The summed E-state index contributed by atoms with van der Waals surface area (Å²) in [5.41, 5.74) is 0. The smallest absolute Gasteiger partial charge is 0.260 e. The first-order chi connectivity index (χ1) is 11.3. The van der Waals surface area contributed by atoms with Crippen LogP contribution in [0.15, 0.2) is 42.5 Å². The molecule has 122 valence electrons. The van der Waals surface area contributed by atoms with Crippen molar-refractivity contribution < 1.29 is 9.53 Å². The largest absolute Gasteiger partial charge is 0.484 e. The van der Waals surface area contributed by atoms with Gasteiger partial charge in [-0.05, 0) is 55.3 Å². The standard InChI is InChI=1S/C19H24N2O2/c1-20-13-15-8-10-21(11-9-15)19(22)14-23-18-7-6-16-4-2-3-5-17(16)12-18/h2-7,12,15,20H,8-11,13-14H2,1H3. The van der Waals surface area contributed by atoms with Gasteiger partial charge in [0.05, 0.1) is 0 Å². The van der Waals surface area contributed by atoms with E-state index in [2.05, 4.69) is 17.4 Å². The van der Waals surface area contributed by atoms with Gasteiger partial charge in [-0.2, -0.15) is 0 Å². The zero-order chi connectivity index (χ0) is 16.1. The summed E-state index contributed by atoms with van der Waals surface area (Å²) in [7, 11) is 1.98. The van der Waals surface area contributed by atoms with Crippen molar-refractivity contribution in [2.24, 2.45) is 5.92 Å². The number of nitrogens with zero attached hydrogens (tertiary/aromatic N) is 1. The highest BCUT2D eigenvalue weighted by Gasteiger charge is 2.22. The number of hydrogen-bond donors (Lipinski definition) is 1. The highest BCUT2D eigenvalue weighted by atomic mass is 16.5. The lowest BCUT2D eigenvalue weighted by Crippen LogP contribution is -2.42. The first-order valence-corrected chi connectivity index (χ1v) is 8.30. The fourth-order valence-electron chi connectivity index (χ4n) is 3.17. The fraction of sp³-hybridized carbons (Fsp3) is 0.421. The predicted molar refractivity (Wildman–Crippen MR) is 92.7 cm³/mol. The lowest BCUT2D eigenvalue weighted by atomic mass is 9.97. The molecule has 1 fully saturated rings. The molecular weight excluding hydrogens is 288 g/mol. The summed E-state index contributed by atoms with van der Waals surface area (Å²) >= 11 is 0. The van der Waals surface area contributed by atoms with Crippen LogP contribution in [0.3, 0.4) is 0 Å². The lowest BCUT2D eigenvalue weighted by Gasteiger charge is -2.31. The van der Waals surface area contributed by atoms with Crippen molar-refractivity contribution in [3.63, 3.8) is 0 Å². The summed E-state index contributed by atoms with van der Waals surface area (Å²) in [6.07, 6.45) is 2.14. The Hall–Kier alpha value is -2.07. The number of rotatable bonds is 5. The normalized spacial score (nSPS) is 15.8. The van der Waals surface area contributed by atoms with E-state index in [-0.39, 0.29) is 12.5 Å². The fourth-order valence-corrected chi connectivity index (χ4v) is 3.17. The molecule has 0 radical (unpaired) electrons. The summed E-state index contributed by atoms with van der Waals surface area (Å²) < 4.78 is 5.70. The molecule has 0 aliphatic carbocycles. The van der Waals surface area contributed by atoms with Gasteiger partial charge in [-0.3, -0.25) is 4.79 Å². The molecule has 1 amide bonds. The van der Waals surface area contributed by atoms with Gasteiger partial charge in [0.15, 0.2) is 6.61 Å². The molecule has 4 nitrogen and oxygen atoms in total. The molecule has 1 N–H and O–H groups in total. The molecule has 0 atom stereocenters. The number of fused-ring (bicyclic) bond motifs is 1. The van der Waals surface area contributed by atoms with Gasteiger partial charge in [-0.15, -0.1) is 0 Å². The number of carbonyl (C=O) groups is 1. The van der Waals surface area contributed by atoms with Crippen molar-refractivity contribution in [1.29, 1.82) is 0 Å². The van der Waals surface area contributed by atoms with Gasteiger partial charge in [0, 0.05) is 13.1 Å². The first kappa shape index (κ1) is 15.8. The number of hydrogen-bond acceptors (Lipinski definition) is 3. The summed E-state index contributed by atoms with van der Waals surface area (Å²) in [5, 5.41) is 5.52. The van der Waals surface area contributed by atoms with Gasteiger partial charge in [0.25, 0.3) is 5.91 Å². The van der Waals surface area contributed by atoms with Crippen LogP contribution in [0.5, 0.6) is 5.75 Å². The number of amides is 1. The molecule has 2 aromatic carbocycles. The Morgan fingerprint density at radius 1 is 1.17 bits per heavy atom. The molecule has 23 heavy (non-hydrogen) atoms. The molecule has 4 heteroatoms. The average Bonchev–Trinajstić information content (AvgIpc) is 2.60. The van der Waals surface area contributed by atoms with Crippen LogP contribution in [0, 0.1) is 5.92 Å². The van der Waals surface area contributed by atoms with Crippen LogP contribution in [-0.4, -0.2) is 44.1 Å². The van der Waals surface area contributed by atoms with Crippen molar-refractivity contribution in [2.45, 2.75) is 12.8 Å². The monoisotopic (exact) mass is 312 g/mol. The Morgan fingerprint density at radius 3 is 2.65 bits per heavy atom. The molecule has 0 spiro atoms. The van der Waals surface area contributed by atoms with E-state index < -0.39 is 0 Å². The van der Waals surface area contributed by atoms with E-state index in [1.807, 2.05) is 42.3 Å². The lowest BCUT2D eigenvalue weighted by molar-refractivity contribution is -0.134. The highest BCUT2D eigenvalue weighted by molar-refractivity contribution is 5.84. The van der Waals surface area contributed by atoms with Crippen LogP contribution < -0.4 is 10.1 Å². The number of carbonyl (C=O) groups excluding carboxylic acids is 1. The maximum absolute atomic E-state index is 12.3. The van der Waals surface area contributed by atoms with E-state index in [4.69, 9.17) is 4.74 Å². The molecule has 0 bridgehead atoms. The van der Waals surface area contributed by atoms with E-state index in [1.54, 1.807) is 0 Å². The predicted octanol–water partition coefficient (Wildman–Crippen LogP) is 2.68. The minimum atomic E-state index is 0.0843. The van der Waals surface area contributed by atoms with Crippen molar-refractivity contribution in [2.75, 3.05) is 33.3 Å². The van der Waals surface area contributed by atoms with E-state index in [1.165, 1.54) is 5.39 Å². The molecule has 2 aromatic rings. The minimum Gasteiger partial charge on any atom is -0.484 e. The maximum atomic E-state index is 12.3. The third kappa shape index (κ3) is 4.02. The molecule has 1 aliphatic rings. The topological polar surface area (TPSA) is 41.6 Å². The van der Waals surface area contributed by atoms with Crippen LogP contribution in [0.2, 0.25) is 0 Å². The highest BCUT2D eigenvalue weighted by Crippen LogP contribution is 2.21. The number of nitrogens with one attached hydrogen (secondary N) is 1. The summed E-state index contributed by atoms with van der Waals surface area (Å²) in [5.74, 6) is 1.52. The van der Waals surface area contributed by atoms with E-state index in [0.29, 0.717) is 5.92 Å². The Labute approximate surface area is 137 Å². The summed E-state index contributed by atoms with van der Waals surface area (Å²) in [6, 6.07) is 14.1. The van der Waals surface area contributed by atoms with E-state index >= 15 is 0 Å². The van der Waals surface area contributed by atoms with Gasteiger partial charge in [0.1, 0.15) is 5.75 Å². The Kier molecular flexibility index (Phi) is 5.13. The first-order valence-electron chi connectivity index (χ1n) is 8.30. The summed E-state index contributed by atoms with van der Waals surface area (Å²) in [4.78, 5) is 14.2. The van der Waals surface area contributed by atoms with Crippen molar-refractivity contribution in [3.8, 4) is 5.75 Å². The van der Waals surface area contributed by atoms with Gasteiger partial charge >= 0.3 is 0 Å². The average molecular weight is 312 g/mol. The van der Waals surface area contributed by atoms with Gasteiger partial charge < -0.3 is 15.0 Å². The number of likely N-dealkylation sites (tertiary alicyclic amines) is 1. The third-order valence-corrected chi connectivity index (χ3v) is 4.54. The van der Waals surface area contributed by atoms with Crippen molar-refractivity contribution >= 4 is 16.7 Å². The molecular formula is C19H24N2O2.